The largest absolute Gasteiger partial charge is 0.237 e. The van der Waals surface area contributed by atoms with Crippen molar-refractivity contribution in [1.29, 1.82) is 0 Å². The molecule has 2 heteroatoms. The van der Waals surface area contributed by atoms with Crippen LogP contribution in [-0.2, 0) is 0 Å². The van der Waals surface area contributed by atoms with Gasteiger partial charge in [-0.25, -0.2) is 9.97 Å². The second kappa shape index (κ2) is 13.2. The van der Waals surface area contributed by atoms with Crippen molar-refractivity contribution in [2.75, 3.05) is 0 Å². The first-order valence-corrected chi connectivity index (χ1v) is 16.2. The summed E-state index contributed by atoms with van der Waals surface area (Å²) in [6.07, 6.45) is 1.85. The molecule has 0 atom stereocenters. The van der Waals surface area contributed by atoms with Crippen LogP contribution in [0.1, 0.15) is 0 Å². The molecular weight excluding hydrogens is 581 g/mol. The summed E-state index contributed by atoms with van der Waals surface area (Å²) < 4.78 is 0. The van der Waals surface area contributed by atoms with Gasteiger partial charge in [0, 0.05) is 17.3 Å². The van der Waals surface area contributed by atoms with Gasteiger partial charge < -0.3 is 0 Å². The minimum Gasteiger partial charge on any atom is -0.237 e. The summed E-state index contributed by atoms with van der Waals surface area (Å²) >= 11 is 0. The average Bonchev–Trinajstić information content (AvgIpc) is 3.19. The molecule has 0 spiro atoms. The van der Waals surface area contributed by atoms with Crippen LogP contribution in [0.4, 0.5) is 0 Å². The van der Waals surface area contributed by atoms with Gasteiger partial charge in [0.25, 0.3) is 0 Å². The fraction of sp³-hybridized carbons (Fsp3) is 0. The number of nitrogens with zero attached hydrogens (tertiary/aromatic N) is 2. The third-order valence-corrected chi connectivity index (χ3v) is 8.72. The van der Waals surface area contributed by atoms with Gasteiger partial charge in [-0.3, -0.25) is 0 Å². The molecule has 0 radical (unpaired) electrons. The molecule has 7 aromatic carbocycles. The van der Waals surface area contributed by atoms with Crippen molar-refractivity contribution < 1.29 is 0 Å². The predicted molar refractivity (Wildman–Crippen MR) is 200 cm³/mol. The van der Waals surface area contributed by atoms with Crippen molar-refractivity contribution >= 4 is 0 Å². The van der Waals surface area contributed by atoms with Crippen LogP contribution in [0, 0.1) is 0 Å². The first kappa shape index (κ1) is 29.1. The predicted octanol–water partition coefficient (Wildman–Crippen LogP) is 12.1. The molecule has 2 nitrogen and oxygen atoms in total. The Morgan fingerprint density at radius 1 is 0.250 bits per heavy atom. The van der Waals surface area contributed by atoms with Crippen molar-refractivity contribution in [3.05, 3.63) is 194 Å². The fourth-order valence-corrected chi connectivity index (χ4v) is 6.25. The zero-order valence-corrected chi connectivity index (χ0v) is 26.4. The molecule has 8 aromatic rings. The van der Waals surface area contributed by atoms with Gasteiger partial charge in [0.1, 0.15) is 0 Å². The van der Waals surface area contributed by atoms with Crippen molar-refractivity contribution in [3.63, 3.8) is 0 Å². The summed E-state index contributed by atoms with van der Waals surface area (Å²) in [4.78, 5) is 9.58. The molecule has 0 saturated carbocycles. The van der Waals surface area contributed by atoms with Crippen LogP contribution in [-0.4, -0.2) is 9.97 Å². The van der Waals surface area contributed by atoms with Gasteiger partial charge in [0.15, 0.2) is 5.82 Å². The normalized spacial score (nSPS) is 10.9. The van der Waals surface area contributed by atoms with E-state index >= 15 is 0 Å². The summed E-state index contributed by atoms with van der Waals surface area (Å²) in [6.45, 7) is 0. The Morgan fingerprint density at radius 3 is 1.08 bits per heavy atom. The highest BCUT2D eigenvalue weighted by Gasteiger charge is 2.12. The molecule has 0 bridgehead atoms. The maximum absolute atomic E-state index is 5.00. The topological polar surface area (TPSA) is 25.8 Å². The minimum absolute atomic E-state index is 0.718. The monoisotopic (exact) mass is 612 g/mol. The molecule has 0 unspecified atom stereocenters. The van der Waals surface area contributed by atoms with Crippen LogP contribution in [0.25, 0.3) is 78.3 Å². The number of hydrogen-bond donors (Lipinski definition) is 0. The molecule has 0 aliphatic heterocycles. The first-order valence-electron chi connectivity index (χ1n) is 16.2. The quantitative estimate of drug-likeness (QED) is 0.179. The third kappa shape index (κ3) is 6.20. The second-order valence-corrected chi connectivity index (χ2v) is 11.9. The summed E-state index contributed by atoms with van der Waals surface area (Å²) in [5.74, 6) is 0.718. The van der Waals surface area contributed by atoms with E-state index in [2.05, 4.69) is 157 Å². The van der Waals surface area contributed by atoms with Gasteiger partial charge in [0.05, 0.1) is 5.69 Å². The number of rotatable bonds is 7. The lowest BCUT2D eigenvalue weighted by atomic mass is 9.92. The zero-order chi connectivity index (χ0) is 32.1. The number of benzene rings is 7. The van der Waals surface area contributed by atoms with Crippen LogP contribution in [0.2, 0.25) is 0 Å². The average molecular weight is 613 g/mol. The Kier molecular flexibility index (Phi) is 7.96. The molecule has 0 fully saturated rings. The summed E-state index contributed by atoms with van der Waals surface area (Å²) in [7, 11) is 0. The maximum Gasteiger partial charge on any atom is 0.159 e. The van der Waals surface area contributed by atoms with Gasteiger partial charge in [-0.15, -0.1) is 0 Å². The van der Waals surface area contributed by atoms with Crippen LogP contribution < -0.4 is 0 Å². The summed E-state index contributed by atoms with van der Waals surface area (Å²) in [6, 6.07) is 66.4. The maximum atomic E-state index is 5.00. The highest BCUT2D eigenvalue weighted by atomic mass is 14.9. The van der Waals surface area contributed by atoms with E-state index in [1.54, 1.807) is 0 Å². The molecule has 0 amide bonds. The second-order valence-electron chi connectivity index (χ2n) is 11.9. The lowest BCUT2D eigenvalue weighted by Crippen LogP contribution is -1.93. The molecule has 8 rings (SSSR count). The van der Waals surface area contributed by atoms with E-state index in [9.17, 15) is 0 Å². The van der Waals surface area contributed by atoms with E-state index in [1.807, 2.05) is 42.6 Å². The van der Waals surface area contributed by atoms with Crippen molar-refractivity contribution in [3.8, 4) is 78.3 Å². The fourth-order valence-electron chi connectivity index (χ4n) is 6.25. The molecule has 0 aliphatic carbocycles. The van der Waals surface area contributed by atoms with Gasteiger partial charge in [-0.05, 0) is 98.1 Å². The van der Waals surface area contributed by atoms with Crippen LogP contribution in [0.15, 0.2) is 194 Å². The highest BCUT2D eigenvalue weighted by Crippen LogP contribution is 2.35. The van der Waals surface area contributed by atoms with E-state index in [0.29, 0.717) is 0 Å². The van der Waals surface area contributed by atoms with E-state index in [4.69, 9.17) is 4.98 Å². The van der Waals surface area contributed by atoms with Gasteiger partial charge in [-0.1, -0.05) is 146 Å². The van der Waals surface area contributed by atoms with E-state index < -0.39 is 0 Å². The molecule has 1 heterocycles. The number of hydrogen-bond acceptors (Lipinski definition) is 2. The Hall–Kier alpha value is -6.38. The van der Waals surface area contributed by atoms with Crippen molar-refractivity contribution in [1.82, 2.24) is 9.97 Å². The Bertz CT molecular complexity index is 2330. The molecule has 48 heavy (non-hydrogen) atoms. The lowest BCUT2D eigenvalue weighted by Gasteiger charge is -2.13. The molecule has 0 aliphatic rings. The lowest BCUT2D eigenvalue weighted by molar-refractivity contribution is 1.18. The van der Waals surface area contributed by atoms with Gasteiger partial charge in [0.2, 0.25) is 0 Å². The molecule has 1 aromatic heterocycles. The van der Waals surface area contributed by atoms with Crippen LogP contribution >= 0.6 is 0 Å². The van der Waals surface area contributed by atoms with Gasteiger partial charge in [-0.2, -0.15) is 0 Å². The first-order chi connectivity index (χ1) is 23.8. The van der Waals surface area contributed by atoms with Crippen molar-refractivity contribution in [2.24, 2.45) is 0 Å². The Morgan fingerprint density at radius 2 is 0.583 bits per heavy atom. The standard InChI is InChI=1S/C46H32N2/c1-4-13-33(14-5-1)36-19-10-20-37(27-36)38-21-11-22-39(28-38)40-23-12-24-41(29-40)43-30-42(34-15-6-2-7-16-34)31-44(32-43)45-25-26-47-46(48-45)35-17-8-3-9-18-35/h1-32H. The Labute approximate surface area is 281 Å². The minimum atomic E-state index is 0.718. The summed E-state index contributed by atoms with van der Waals surface area (Å²) in [5, 5.41) is 0. The van der Waals surface area contributed by atoms with Crippen LogP contribution in [0.3, 0.4) is 0 Å². The van der Waals surface area contributed by atoms with Crippen LogP contribution in [0.5, 0.6) is 0 Å². The SMILES string of the molecule is c1ccc(-c2cccc(-c3cccc(-c4cccc(-c5cc(-c6ccccc6)cc(-c6ccnc(-c7ccccc7)n6)c5)c4)c3)c2)cc1. The van der Waals surface area contributed by atoms with E-state index in [0.717, 1.165) is 39.3 Å². The van der Waals surface area contributed by atoms with E-state index in [-0.39, 0.29) is 0 Å². The third-order valence-electron chi connectivity index (χ3n) is 8.72. The smallest absolute Gasteiger partial charge is 0.159 e. The Balaban J connectivity index is 1.18. The van der Waals surface area contributed by atoms with Crippen molar-refractivity contribution in [2.45, 2.75) is 0 Å². The molecule has 226 valence electrons. The van der Waals surface area contributed by atoms with E-state index in [1.165, 1.54) is 38.9 Å². The van der Waals surface area contributed by atoms with Gasteiger partial charge >= 0.3 is 0 Å². The molecule has 0 N–H and O–H groups in total. The number of aromatic nitrogens is 2. The molecular formula is C46H32N2. The zero-order valence-electron chi connectivity index (χ0n) is 26.4. The molecule has 0 saturated heterocycles. The summed E-state index contributed by atoms with van der Waals surface area (Å²) in [5.41, 5.74) is 14.7. The highest BCUT2D eigenvalue weighted by molar-refractivity contribution is 5.83.